The number of nitrogens with one attached hydrogen (secondary N) is 2. The van der Waals surface area contributed by atoms with Gasteiger partial charge in [0, 0.05) is 25.0 Å². The molecule has 0 aliphatic carbocycles. The number of rotatable bonds is 10. The highest BCUT2D eigenvalue weighted by Crippen LogP contribution is 2.32. The third-order valence-corrected chi connectivity index (χ3v) is 6.06. The van der Waals surface area contributed by atoms with Crippen molar-refractivity contribution in [3.8, 4) is 11.4 Å². The van der Waals surface area contributed by atoms with E-state index in [4.69, 9.17) is 0 Å². The number of pyridine rings is 3. The Hall–Kier alpha value is -4.41. The van der Waals surface area contributed by atoms with Gasteiger partial charge in [0.05, 0.1) is 46.3 Å². The Kier molecular flexibility index (Phi) is 8.89. The number of aromatic amines is 1. The first kappa shape index (κ1) is 30.5. The minimum Gasteiger partial charge on any atom is -0.378 e. The van der Waals surface area contributed by atoms with E-state index in [1.165, 1.54) is 29.0 Å². The second-order valence-corrected chi connectivity index (χ2v) is 8.94. The Morgan fingerprint density at radius 3 is 2.33 bits per heavy atom. The van der Waals surface area contributed by atoms with Crippen LogP contribution in [0.1, 0.15) is 24.0 Å². The zero-order valence-electron chi connectivity index (χ0n) is 21.1. The molecule has 42 heavy (non-hydrogen) atoms. The van der Waals surface area contributed by atoms with E-state index in [1.54, 1.807) is 5.10 Å². The van der Waals surface area contributed by atoms with E-state index in [0.29, 0.717) is 12.4 Å². The van der Waals surface area contributed by atoms with Crippen LogP contribution in [0.3, 0.4) is 0 Å². The molecule has 4 rings (SSSR count). The smallest absolute Gasteiger partial charge is 0.378 e. The number of nitrogens with zero attached hydrogens (tertiary/aromatic N) is 4. The maximum Gasteiger partial charge on any atom is 0.423 e. The van der Waals surface area contributed by atoms with Gasteiger partial charge in [-0.2, -0.15) is 40.2 Å². The molecule has 0 aromatic carbocycles. The summed E-state index contributed by atoms with van der Waals surface area (Å²) in [6.45, 7) is -3.88. The van der Waals surface area contributed by atoms with E-state index in [-0.39, 0.29) is 41.7 Å². The molecule has 4 aromatic rings. The zero-order chi connectivity index (χ0) is 30.7. The lowest BCUT2D eigenvalue weighted by Crippen LogP contribution is -2.32. The summed E-state index contributed by atoms with van der Waals surface area (Å²) in [7, 11) is 0. The van der Waals surface area contributed by atoms with Crippen LogP contribution in [0.15, 0.2) is 58.5 Å². The Bertz CT molecular complexity index is 1650. The van der Waals surface area contributed by atoms with Gasteiger partial charge in [0.1, 0.15) is 5.56 Å². The Balaban J connectivity index is 1.49. The molecule has 0 aliphatic rings. The molecule has 9 nitrogen and oxygen atoms in total. The quantitative estimate of drug-likeness (QED) is 0.243. The molecule has 4 heterocycles. The average molecular weight is 604 g/mol. The topological polar surface area (TPSA) is 115 Å². The van der Waals surface area contributed by atoms with Gasteiger partial charge in [-0.25, -0.2) is 10.1 Å². The molecular weight excluding hydrogens is 584 g/mol. The van der Waals surface area contributed by atoms with Crippen LogP contribution in [0.2, 0.25) is 0 Å². The van der Waals surface area contributed by atoms with Gasteiger partial charge < -0.3 is 14.6 Å². The number of ether oxygens (including phenoxy) is 1. The van der Waals surface area contributed by atoms with E-state index >= 15 is 0 Å². The third kappa shape index (κ3) is 7.26. The molecule has 0 radical (unpaired) electrons. The minimum atomic E-state index is -5.05. The van der Waals surface area contributed by atoms with Crippen LogP contribution in [0.4, 0.5) is 40.8 Å². The lowest BCUT2D eigenvalue weighted by atomic mass is 10.1. The van der Waals surface area contributed by atoms with Crippen LogP contribution in [0, 0.1) is 0 Å². The van der Waals surface area contributed by atoms with Crippen molar-refractivity contribution in [2.75, 3.05) is 11.9 Å². The van der Waals surface area contributed by atoms with Gasteiger partial charge in [-0.1, -0.05) is 0 Å². The summed E-state index contributed by atoms with van der Waals surface area (Å²) in [5.74, 6) is 0. The highest BCUT2D eigenvalue weighted by molar-refractivity contribution is 5.80. The molecule has 224 valence electrons. The summed E-state index contributed by atoms with van der Waals surface area (Å²) >= 11 is 0. The first-order valence-electron chi connectivity index (χ1n) is 12.1. The van der Waals surface area contributed by atoms with Crippen molar-refractivity contribution in [2.45, 2.75) is 44.4 Å². The zero-order valence-corrected chi connectivity index (χ0v) is 21.1. The molecule has 0 amide bonds. The molecule has 0 unspecified atom stereocenters. The summed E-state index contributed by atoms with van der Waals surface area (Å²) in [6, 6.07) is 5.23. The van der Waals surface area contributed by atoms with E-state index < -0.39 is 59.5 Å². The van der Waals surface area contributed by atoms with Gasteiger partial charge in [-0.3, -0.25) is 14.6 Å². The highest BCUT2D eigenvalue weighted by atomic mass is 19.4. The van der Waals surface area contributed by atoms with Crippen molar-refractivity contribution in [3.05, 3.63) is 80.8 Å². The average Bonchev–Trinajstić information content (AvgIpc) is 2.91. The van der Waals surface area contributed by atoms with Gasteiger partial charge in [0.25, 0.3) is 11.1 Å². The number of fused-ring (bicyclic) bond motifs is 1. The fraction of sp³-hybridized carbons (Fsp3) is 0.320. The molecule has 0 saturated carbocycles. The van der Waals surface area contributed by atoms with Crippen molar-refractivity contribution >= 4 is 16.6 Å². The van der Waals surface area contributed by atoms with Crippen LogP contribution < -0.4 is 16.4 Å². The van der Waals surface area contributed by atoms with Crippen molar-refractivity contribution in [1.29, 1.82) is 0 Å². The SMILES string of the molecule is O=c1[nH]ncc(N[C@H](CCCn2ccc3nc(-c4ccc(C(F)(F)F)cn4)ccc3c2=O)COC(F)F)c1C(F)(F)F. The summed E-state index contributed by atoms with van der Waals surface area (Å²) in [4.78, 5) is 32.8. The fourth-order valence-corrected chi connectivity index (χ4v) is 4.10. The largest absolute Gasteiger partial charge is 0.423 e. The van der Waals surface area contributed by atoms with Gasteiger partial charge in [0.15, 0.2) is 0 Å². The first-order valence-corrected chi connectivity index (χ1v) is 12.1. The van der Waals surface area contributed by atoms with Crippen LogP contribution in [-0.2, 0) is 23.6 Å². The monoisotopic (exact) mass is 604 g/mol. The lowest BCUT2D eigenvalue weighted by Gasteiger charge is -2.22. The summed E-state index contributed by atoms with van der Waals surface area (Å²) in [5.41, 5.74) is -4.61. The minimum absolute atomic E-state index is 0.0313. The lowest BCUT2D eigenvalue weighted by molar-refractivity contribution is -0.139. The number of hydrogen-bond donors (Lipinski definition) is 2. The molecule has 0 bridgehead atoms. The number of aryl methyl sites for hydroxylation is 1. The molecule has 17 heteroatoms. The van der Waals surface area contributed by atoms with Crippen LogP contribution in [-0.4, -0.2) is 44.0 Å². The van der Waals surface area contributed by atoms with Crippen molar-refractivity contribution in [3.63, 3.8) is 0 Å². The standard InChI is InChI=1S/C25H20F8N6O3/c26-23(27)42-12-14(36-19-11-35-38-21(40)20(19)25(31,32)33)2-1-8-39-9-7-16-15(22(39)41)4-6-18(37-16)17-5-3-13(10-34-17)24(28,29)30/h3-7,9-11,14,23H,1-2,8,12H2,(H2,36,38,40)/t14-/m1/s1. The van der Waals surface area contributed by atoms with Gasteiger partial charge in [0.2, 0.25) is 0 Å². The third-order valence-electron chi connectivity index (χ3n) is 6.06. The number of aromatic nitrogens is 5. The first-order chi connectivity index (χ1) is 19.7. The van der Waals surface area contributed by atoms with Crippen molar-refractivity contribution in [1.82, 2.24) is 24.7 Å². The molecule has 4 aromatic heterocycles. The van der Waals surface area contributed by atoms with E-state index in [2.05, 4.69) is 25.1 Å². The van der Waals surface area contributed by atoms with Crippen molar-refractivity contribution < 1.29 is 39.9 Å². The Morgan fingerprint density at radius 2 is 1.69 bits per heavy atom. The van der Waals surface area contributed by atoms with E-state index in [1.807, 2.05) is 0 Å². The van der Waals surface area contributed by atoms with Crippen LogP contribution >= 0.6 is 0 Å². The number of H-pyrrole nitrogens is 1. The Morgan fingerprint density at radius 1 is 0.952 bits per heavy atom. The predicted octanol–water partition coefficient (Wildman–Crippen LogP) is 5.08. The van der Waals surface area contributed by atoms with Crippen LogP contribution in [0.25, 0.3) is 22.3 Å². The Labute approximate surface area is 230 Å². The maximum absolute atomic E-state index is 13.4. The van der Waals surface area contributed by atoms with Gasteiger partial charge in [-0.05, 0) is 43.2 Å². The fourth-order valence-electron chi connectivity index (χ4n) is 4.10. The molecular formula is C25H20F8N6O3. The predicted molar refractivity (Wildman–Crippen MR) is 133 cm³/mol. The normalized spacial score (nSPS) is 13.1. The second-order valence-electron chi connectivity index (χ2n) is 8.94. The summed E-state index contributed by atoms with van der Waals surface area (Å²) < 4.78 is 109. The number of halogens is 8. The van der Waals surface area contributed by atoms with Gasteiger partial charge >= 0.3 is 19.0 Å². The summed E-state index contributed by atoms with van der Waals surface area (Å²) in [6.07, 6.45) is -6.76. The van der Waals surface area contributed by atoms with E-state index in [9.17, 15) is 44.7 Å². The molecule has 0 spiro atoms. The maximum atomic E-state index is 13.4. The molecule has 0 saturated heterocycles. The van der Waals surface area contributed by atoms with Crippen molar-refractivity contribution in [2.24, 2.45) is 0 Å². The van der Waals surface area contributed by atoms with Crippen LogP contribution in [0.5, 0.6) is 0 Å². The number of hydrogen-bond acceptors (Lipinski definition) is 7. The second kappa shape index (κ2) is 12.2. The molecule has 2 N–H and O–H groups in total. The highest BCUT2D eigenvalue weighted by Gasteiger charge is 2.38. The molecule has 1 atom stereocenters. The summed E-state index contributed by atoms with van der Waals surface area (Å²) in [5, 5.41) is 7.56. The molecule has 0 fully saturated rings. The number of anilines is 1. The molecule has 0 aliphatic heterocycles. The van der Waals surface area contributed by atoms with Gasteiger partial charge in [-0.15, -0.1) is 0 Å². The number of alkyl halides is 8. The van der Waals surface area contributed by atoms with E-state index in [0.717, 1.165) is 12.1 Å².